The number of phenolic OH excluding ortho intramolecular Hbond substituents is 1. The summed E-state index contributed by atoms with van der Waals surface area (Å²) in [4.78, 5) is 0. The zero-order valence-electron chi connectivity index (χ0n) is 12.7. The van der Waals surface area contributed by atoms with Crippen molar-refractivity contribution in [1.82, 2.24) is 0 Å². The summed E-state index contributed by atoms with van der Waals surface area (Å²) in [6, 6.07) is 6.10. The fourth-order valence-electron chi connectivity index (χ4n) is 2.19. The molecular formula is C16H28Cl2OTi. The molecule has 0 radical (unpaired) electrons. The molecular weight excluding hydrogens is 327 g/mol. The number of hydrogen-bond acceptors (Lipinski definition) is 1. The van der Waals surface area contributed by atoms with Gasteiger partial charge in [0.05, 0.1) is 0 Å². The molecule has 4 heteroatoms. The Kier molecular flexibility index (Phi) is 19.8. The number of halogens is 2. The van der Waals surface area contributed by atoms with Crippen LogP contribution in [0.4, 0.5) is 0 Å². The SMILES string of the molecule is CCCCCc1cc(O)cc(CCCCC)c1.Cl.Cl.[Ti]. The first-order valence-corrected chi connectivity index (χ1v) is 7.08. The number of phenols is 1. The van der Waals surface area contributed by atoms with Gasteiger partial charge in [-0.15, -0.1) is 24.8 Å². The first-order valence-electron chi connectivity index (χ1n) is 7.08. The molecule has 0 saturated carbocycles. The van der Waals surface area contributed by atoms with Crippen LogP contribution in [0.3, 0.4) is 0 Å². The van der Waals surface area contributed by atoms with Gasteiger partial charge >= 0.3 is 0 Å². The molecule has 0 heterocycles. The molecule has 0 aliphatic rings. The molecule has 0 fully saturated rings. The van der Waals surface area contributed by atoms with Crippen molar-refractivity contribution < 1.29 is 26.8 Å². The number of rotatable bonds is 8. The van der Waals surface area contributed by atoms with E-state index in [1.807, 2.05) is 12.1 Å². The average Bonchev–Trinajstić information content (AvgIpc) is 2.29. The van der Waals surface area contributed by atoms with Gasteiger partial charge in [-0.05, 0) is 48.9 Å². The van der Waals surface area contributed by atoms with Crippen molar-refractivity contribution in [2.45, 2.75) is 65.2 Å². The smallest absolute Gasteiger partial charge is 0.116 e. The fourth-order valence-corrected chi connectivity index (χ4v) is 2.19. The Bertz CT molecular complexity index is 304. The van der Waals surface area contributed by atoms with Crippen molar-refractivity contribution in [3.05, 3.63) is 29.3 Å². The summed E-state index contributed by atoms with van der Waals surface area (Å²) in [5.41, 5.74) is 2.59. The van der Waals surface area contributed by atoms with E-state index in [1.165, 1.54) is 49.7 Å². The van der Waals surface area contributed by atoms with Gasteiger partial charge in [0.1, 0.15) is 5.75 Å². The van der Waals surface area contributed by atoms with Crippen LogP contribution in [0.2, 0.25) is 0 Å². The van der Waals surface area contributed by atoms with Gasteiger partial charge in [0.15, 0.2) is 0 Å². The van der Waals surface area contributed by atoms with E-state index in [9.17, 15) is 5.11 Å². The first-order chi connectivity index (χ1) is 8.26. The molecule has 1 aromatic carbocycles. The second-order valence-electron chi connectivity index (χ2n) is 4.92. The van der Waals surface area contributed by atoms with Gasteiger partial charge in [0.25, 0.3) is 0 Å². The number of unbranched alkanes of at least 4 members (excludes halogenated alkanes) is 4. The zero-order valence-corrected chi connectivity index (χ0v) is 15.8. The quantitative estimate of drug-likeness (QED) is 0.469. The predicted molar refractivity (Wildman–Crippen MR) is 89.1 cm³/mol. The number of aromatic hydroxyl groups is 1. The molecule has 20 heavy (non-hydrogen) atoms. The van der Waals surface area contributed by atoms with Crippen molar-refractivity contribution in [2.24, 2.45) is 0 Å². The molecule has 1 rings (SSSR count). The van der Waals surface area contributed by atoms with Gasteiger partial charge in [-0.3, -0.25) is 0 Å². The van der Waals surface area contributed by atoms with Gasteiger partial charge in [-0.25, -0.2) is 0 Å². The summed E-state index contributed by atoms with van der Waals surface area (Å²) in [5.74, 6) is 0.436. The van der Waals surface area contributed by atoms with Crippen molar-refractivity contribution in [3.8, 4) is 5.75 Å². The van der Waals surface area contributed by atoms with Gasteiger partial charge in [0, 0.05) is 21.7 Å². The maximum absolute atomic E-state index is 9.71. The number of aryl methyl sites for hydroxylation is 2. The molecule has 0 amide bonds. The minimum atomic E-state index is 0. The summed E-state index contributed by atoms with van der Waals surface area (Å²) in [5, 5.41) is 9.71. The predicted octanol–water partition coefficient (Wildman–Crippen LogP) is 5.70. The molecule has 0 aromatic heterocycles. The standard InChI is InChI=1S/C16H26O.2ClH.Ti/c1-3-5-7-9-14-11-15(10-8-6-4-2)13-16(17)12-14;;;/h11-13,17H,3-10H2,1-2H3;2*1H;. The fraction of sp³-hybridized carbons (Fsp3) is 0.625. The number of benzene rings is 1. The largest absolute Gasteiger partial charge is 0.508 e. The van der Waals surface area contributed by atoms with Crippen LogP contribution in [0.25, 0.3) is 0 Å². The van der Waals surface area contributed by atoms with Gasteiger partial charge in [0.2, 0.25) is 0 Å². The van der Waals surface area contributed by atoms with Crippen LogP contribution in [-0.2, 0) is 34.6 Å². The minimum absolute atomic E-state index is 0. The topological polar surface area (TPSA) is 20.2 Å². The third-order valence-electron chi connectivity index (χ3n) is 3.18. The Labute approximate surface area is 151 Å². The molecule has 0 aliphatic carbocycles. The van der Waals surface area contributed by atoms with Crippen LogP contribution in [-0.4, -0.2) is 5.11 Å². The van der Waals surface area contributed by atoms with E-state index in [0.29, 0.717) is 5.75 Å². The van der Waals surface area contributed by atoms with Gasteiger partial charge in [-0.2, -0.15) is 0 Å². The van der Waals surface area contributed by atoms with Crippen molar-refractivity contribution in [3.63, 3.8) is 0 Å². The number of hydrogen-bond donors (Lipinski definition) is 1. The second kappa shape index (κ2) is 15.7. The molecule has 0 spiro atoms. The van der Waals surface area contributed by atoms with E-state index in [4.69, 9.17) is 0 Å². The molecule has 0 atom stereocenters. The van der Waals surface area contributed by atoms with E-state index in [0.717, 1.165) is 12.8 Å². The summed E-state index contributed by atoms with van der Waals surface area (Å²) < 4.78 is 0. The Hall–Kier alpha value is 0.314. The maximum Gasteiger partial charge on any atom is 0.116 e. The van der Waals surface area contributed by atoms with Crippen LogP contribution in [0.5, 0.6) is 5.75 Å². The van der Waals surface area contributed by atoms with E-state index in [-0.39, 0.29) is 46.5 Å². The van der Waals surface area contributed by atoms with Crippen LogP contribution >= 0.6 is 24.8 Å². The Morgan fingerprint density at radius 3 is 1.50 bits per heavy atom. The van der Waals surface area contributed by atoms with E-state index in [1.54, 1.807) is 0 Å². The molecule has 0 saturated heterocycles. The molecule has 116 valence electrons. The first kappa shape index (κ1) is 25.3. The summed E-state index contributed by atoms with van der Waals surface area (Å²) in [7, 11) is 0. The van der Waals surface area contributed by atoms with E-state index in [2.05, 4.69) is 19.9 Å². The zero-order chi connectivity index (χ0) is 12.5. The van der Waals surface area contributed by atoms with Crippen LogP contribution in [0.15, 0.2) is 18.2 Å². The molecule has 0 aliphatic heterocycles. The van der Waals surface area contributed by atoms with Gasteiger partial charge in [-0.1, -0.05) is 45.6 Å². The Morgan fingerprint density at radius 1 is 0.750 bits per heavy atom. The molecule has 0 unspecified atom stereocenters. The molecule has 1 aromatic rings. The molecule has 0 bridgehead atoms. The minimum Gasteiger partial charge on any atom is -0.508 e. The van der Waals surface area contributed by atoms with Gasteiger partial charge < -0.3 is 5.11 Å². The van der Waals surface area contributed by atoms with Crippen molar-refractivity contribution >= 4 is 24.8 Å². The normalized spacial score (nSPS) is 9.10. The Balaban J connectivity index is -0.000000963. The molecule has 1 nitrogen and oxygen atoms in total. The van der Waals surface area contributed by atoms with Crippen molar-refractivity contribution in [2.75, 3.05) is 0 Å². The van der Waals surface area contributed by atoms with E-state index < -0.39 is 0 Å². The summed E-state index contributed by atoms with van der Waals surface area (Å²) in [6.07, 6.45) is 9.72. The third-order valence-corrected chi connectivity index (χ3v) is 3.18. The van der Waals surface area contributed by atoms with Crippen LogP contribution in [0, 0.1) is 0 Å². The second-order valence-corrected chi connectivity index (χ2v) is 4.92. The monoisotopic (exact) mass is 354 g/mol. The Morgan fingerprint density at radius 2 is 1.15 bits per heavy atom. The summed E-state index contributed by atoms with van der Waals surface area (Å²) >= 11 is 0. The van der Waals surface area contributed by atoms with Crippen molar-refractivity contribution in [1.29, 1.82) is 0 Å². The third kappa shape index (κ3) is 11.0. The van der Waals surface area contributed by atoms with E-state index >= 15 is 0 Å². The van der Waals surface area contributed by atoms with Crippen LogP contribution in [0.1, 0.15) is 63.5 Å². The molecule has 1 N–H and O–H groups in total. The maximum atomic E-state index is 9.71. The summed E-state index contributed by atoms with van der Waals surface area (Å²) in [6.45, 7) is 4.44. The van der Waals surface area contributed by atoms with Crippen LogP contribution < -0.4 is 0 Å². The average molecular weight is 355 g/mol.